The third kappa shape index (κ3) is 5.61. The molecule has 0 unspecified atom stereocenters. The second kappa shape index (κ2) is 11.0. The number of fused-ring (bicyclic) bond motifs is 1. The molecule has 1 aromatic carbocycles. The lowest BCUT2D eigenvalue weighted by Crippen LogP contribution is -2.43. The molecule has 1 aliphatic heterocycles. The van der Waals surface area contributed by atoms with E-state index in [1.165, 1.54) is 0 Å². The average molecular weight is 474 g/mol. The number of carbonyl (C=O) groups is 1. The first kappa shape index (κ1) is 24.2. The first-order valence-electron chi connectivity index (χ1n) is 11.4. The fourth-order valence-electron chi connectivity index (χ4n) is 4.05. The molecule has 0 aliphatic carbocycles. The first-order chi connectivity index (χ1) is 16.7. The van der Waals surface area contributed by atoms with Crippen molar-refractivity contribution in [2.75, 3.05) is 38.0 Å². The largest absolute Gasteiger partial charge is 0.338 e. The van der Waals surface area contributed by atoms with Gasteiger partial charge in [0, 0.05) is 69.0 Å². The average Bonchev–Trinajstić information content (AvgIpc) is 3.27. The van der Waals surface area contributed by atoms with Gasteiger partial charge in [-0.25, -0.2) is 19.7 Å². The van der Waals surface area contributed by atoms with E-state index in [0.29, 0.717) is 23.8 Å². The number of aromatic amines is 1. The molecule has 10 heteroatoms. The van der Waals surface area contributed by atoms with Crippen LogP contribution in [0.3, 0.4) is 0 Å². The summed E-state index contributed by atoms with van der Waals surface area (Å²) in [5.74, 6) is 0.925. The molecule has 0 saturated carbocycles. The van der Waals surface area contributed by atoms with Gasteiger partial charge in [-0.3, -0.25) is 15.2 Å². The monoisotopic (exact) mass is 473 g/mol. The lowest BCUT2D eigenvalue weighted by Gasteiger charge is -2.26. The van der Waals surface area contributed by atoms with Crippen LogP contribution < -0.4 is 16.0 Å². The molecule has 1 fully saturated rings. The van der Waals surface area contributed by atoms with Crippen LogP contribution in [0.15, 0.2) is 48.9 Å². The van der Waals surface area contributed by atoms with E-state index in [0.717, 1.165) is 60.6 Å². The van der Waals surface area contributed by atoms with Crippen LogP contribution in [0.2, 0.25) is 0 Å². The number of pyridine rings is 1. The molecule has 182 valence electrons. The third-order valence-electron chi connectivity index (χ3n) is 5.72. The van der Waals surface area contributed by atoms with E-state index in [4.69, 9.17) is 4.98 Å². The van der Waals surface area contributed by atoms with Gasteiger partial charge in [-0.1, -0.05) is 13.5 Å². The van der Waals surface area contributed by atoms with Gasteiger partial charge in [0.25, 0.3) is 0 Å². The SMILES string of the molecule is C.CCNC(=O)Nc1nc2c(-c3ncccn3)cc(-c3ccc(CN4CCNCC4)nc3)cc2[nH]1. The summed E-state index contributed by atoms with van der Waals surface area (Å²) >= 11 is 0. The molecule has 35 heavy (non-hydrogen) atoms. The number of amides is 2. The van der Waals surface area contributed by atoms with Crippen molar-refractivity contribution >= 4 is 23.0 Å². The Kier molecular flexibility index (Phi) is 7.64. The number of hydrogen-bond donors (Lipinski definition) is 4. The van der Waals surface area contributed by atoms with Gasteiger partial charge in [0.15, 0.2) is 5.82 Å². The summed E-state index contributed by atoms with van der Waals surface area (Å²) in [6, 6.07) is 9.65. The van der Waals surface area contributed by atoms with Gasteiger partial charge in [-0.05, 0) is 36.8 Å². The summed E-state index contributed by atoms with van der Waals surface area (Å²) in [7, 11) is 0. The molecule has 3 aromatic heterocycles. The van der Waals surface area contributed by atoms with Crippen LogP contribution in [0.5, 0.6) is 0 Å². The van der Waals surface area contributed by atoms with E-state index in [2.05, 4.69) is 52.9 Å². The molecule has 0 atom stereocenters. The molecule has 1 aliphatic rings. The molecule has 0 radical (unpaired) electrons. The van der Waals surface area contributed by atoms with Crippen molar-refractivity contribution in [3.8, 4) is 22.5 Å². The maximum atomic E-state index is 12.0. The van der Waals surface area contributed by atoms with Crippen molar-refractivity contribution in [3.05, 3.63) is 54.6 Å². The zero-order chi connectivity index (χ0) is 23.3. The number of aromatic nitrogens is 5. The molecule has 0 spiro atoms. The predicted octanol–water partition coefficient (Wildman–Crippen LogP) is 3.26. The van der Waals surface area contributed by atoms with Gasteiger partial charge in [-0.2, -0.15) is 0 Å². The van der Waals surface area contributed by atoms with E-state index in [-0.39, 0.29) is 13.5 Å². The van der Waals surface area contributed by atoms with Crippen LogP contribution in [0.1, 0.15) is 20.0 Å². The van der Waals surface area contributed by atoms with Crippen molar-refractivity contribution in [1.82, 2.24) is 40.5 Å². The quantitative estimate of drug-likeness (QED) is 0.339. The molecule has 4 N–H and O–H groups in total. The van der Waals surface area contributed by atoms with Gasteiger partial charge >= 0.3 is 6.03 Å². The van der Waals surface area contributed by atoms with E-state index in [1.807, 2.05) is 25.3 Å². The van der Waals surface area contributed by atoms with Crippen LogP contribution in [0.4, 0.5) is 10.7 Å². The fraction of sp³-hybridized carbons (Fsp3) is 0.320. The third-order valence-corrected chi connectivity index (χ3v) is 5.72. The molecule has 4 heterocycles. The summed E-state index contributed by atoms with van der Waals surface area (Å²) in [5.41, 5.74) is 5.23. The number of piperazine rings is 1. The second-order valence-corrected chi connectivity index (χ2v) is 8.13. The Balaban J connectivity index is 0.00000289. The zero-order valence-corrected chi connectivity index (χ0v) is 19.0. The molecule has 2 amide bonds. The Morgan fingerprint density at radius 3 is 2.60 bits per heavy atom. The molecule has 4 aromatic rings. The van der Waals surface area contributed by atoms with Gasteiger partial charge in [0.05, 0.1) is 11.2 Å². The highest BCUT2D eigenvalue weighted by Gasteiger charge is 2.16. The fourth-order valence-corrected chi connectivity index (χ4v) is 4.05. The lowest BCUT2D eigenvalue weighted by atomic mass is 10.0. The van der Waals surface area contributed by atoms with Crippen LogP contribution in [-0.2, 0) is 6.54 Å². The second-order valence-electron chi connectivity index (χ2n) is 8.13. The molecular formula is C25H31N9O. The Morgan fingerprint density at radius 2 is 1.89 bits per heavy atom. The summed E-state index contributed by atoms with van der Waals surface area (Å²) in [4.78, 5) is 35.7. The molecule has 1 saturated heterocycles. The number of benzene rings is 1. The Morgan fingerprint density at radius 1 is 1.09 bits per heavy atom. The highest BCUT2D eigenvalue weighted by molar-refractivity contribution is 5.97. The number of imidazole rings is 1. The summed E-state index contributed by atoms with van der Waals surface area (Å²) < 4.78 is 0. The maximum absolute atomic E-state index is 12.0. The first-order valence-corrected chi connectivity index (χ1v) is 11.4. The summed E-state index contributed by atoms with van der Waals surface area (Å²) in [5, 5.41) is 8.82. The van der Waals surface area contributed by atoms with Crippen molar-refractivity contribution in [3.63, 3.8) is 0 Å². The van der Waals surface area contributed by atoms with Gasteiger partial charge in [-0.15, -0.1) is 0 Å². The highest BCUT2D eigenvalue weighted by Crippen LogP contribution is 2.32. The minimum absolute atomic E-state index is 0. The standard InChI is InChI=1S/C24H27N9O.CH4/c1-2-26-24(34)32-23-30-20-13-17(12-19(21(20)31-23)22-27-6-3-7-28-22)16-4-5-18(29-14-16)15-33-10-8-25-9-11-33;/h3-7,12-14,25H,2,8-11,15H2,1H3,(H3,26,30,31,32,34);1H4. The van der Waals surface area contributed by atoms with E-state index in [9.17, 15) is 4.79 Å². The number of nitrogens with zero attached hydrogens (tertiary/aromatic N) is 5. The number of carbonyl (C=O) groups excluding carboxylic acids is 1. The van der Waals surface area contributed by atoms with Crippen molar-refractivity contribution in [2.45, 2.75) is 20.9 Å². The normalized spacial score (nSPS) is 13.9. The number of nitrogens with one attached hydrogen (secondary N) is 4. The number of urea groups is 1. The van der Waals surface area contributed by atoms with E-state index >= 15 is 0 Å². The topological polar surface area (TPSA) is 124 Å². The van der Waals surface area contributed by atoms with Crippen LogP contribution >= 0.6 is 0 Å². The van der Waals surface area contributed by atoms with Gasteiger partial charge in [0.2, 0.25) is 5.95 Å². The van der Waals surface area contributed by atoms with Gasteiger partial charge < -0.3 is 15.6 Å². The zero-order valence-electron chi connectivity index (χ0n) is 19.0. The Labute approximate surface area is 204 Å². The minimum atomic E-state index is -0.316. The van der Waals surface area contributed by atoms with E-state index in [1.54, 1.807) is 18.5 Å². The lowest BCUT2D eigenvalue weighted by molar-refractivity contribution is 0.231. The molecule has 10 nitrogen and oxygen atoms in total. The Bertz CT molecular complexity index is 1270. The summed E-state index contributed by atoms with van der Waals surface area (Å²) in [6.07, 6.45) is 5.31. The van der Waals surface area contributed by atoms with Crippen LogP contribution in [0, 0.1) is 0 Å². The van der Waals surface area contributed by atoms with Crippen molar-refractivity contribution < 1.29 is 4.79 Å². The van der Waals surface area contributed by atoms with E-state index < -0.39 is 0 Å². The van der Waals surface area contributed by atoms with Crippen molar-refractivity contribution in [1.29, 1.82) is 0 Å². The number of hydrogen-bond acceptors (Lipinski definition) is 7. The molecule has 0 bridgehead atoms. The predicted molar refractivity (Wildman–Crippen MR) is 138 cm³/mol. The number of H-pyrrole nitrogens is 1. The highest BCUT2D eigenvalue weighted by atomic mass is 16.2. The van der Waals surface area contributed by atoms with Crippen LogP contribution in [0.25, 0.3) is 33.5 Å². The number of rotatable bonds is 6. The molecular weight excluding hydrogens is 442 g/mol. The Hall–Kier alpha value is -3.89. The van der Waals surface area contributed by atoms with Crippen molar-refractivity contribution in [2.24, 2.45) is 0 Å². The number of anilines is 1. The summed E-state index contributed by atoms with van der Waals surface area (Å²) in [6.45, 7) is 7.34. The van der Waals surface area contributed by atoms with Gasteiger partial charge in [0.1, 0.15) is 5.52 Å². The molecule has 5 rings (SSSR count). The smallest absolute Gasteiger partial charge is 0.321 e. The van der Waals surface area contributed by atoms with Crippen LogP contribution in [-0.4, -0.2) is 68.6 Å². The maximum Gasteiger partial charge on any atom is 0.321 e. The minimum Gasteiger partial charge on any atom is -0.338 e.